The maximum atomic E-state index is 6.19. The Bertz CT molecular complexity index is 305. The van der Waals surface area contributed by atoms with E-state index in [1.165, 1.54) is 77.5 Å². The van der Waals surface area contributed by atoms with E-state index in [1.54, 1.807) is 0 Å². The van der Waals surface area contributed by atoms with Gasteiger partial charge in [0.2, 0.25) is 0 Å². The van der Waals surface area contributed by atoms with Crippen molar-refractivity contribution in [3.63, 3.8) is 0 Å². The number of nitrogens with zero attached hydrogens (tertiary/aromatic N) is 2. The summed E-state index contributed by atoms with van der Waals surface area (Å²) in [5.74, 6) is 0.873. The Morgan fingerprint density at radius 3 is 2.25 bits per heavy atom. The number of nitrogens with two attached hydrogens (primary N) is 1. The molecule has 1 saturated carbocycles. The van der Waals surface area contributed by atoms with E-state index in [0.29, 0.717) is 5.54 Å². The van der Waals surface area contributed by atoms with Gasteiger partial charge in [-0.05, 0) is 64.0 Å². The lowest BCUT2D eigenvalue weighted by atomic mass is 9.89. The van der Waals surface area contributed by atoms with Gasteiger partial charge in [-0.25, -0.2) is 0 Å². The smallest absolute Gasteiger partial charge is 0.0334 e. The molecule has 0 aromatic carbocycles. The minimum atomic E-state index is 0.353. The summed E-state index contributed by atoms with van der Waals surface area (Å²) in [5, 5.41) is 0. The van der Waals surface area contributed by atoms with E-state index in [-0.39, 0.29) is 0 Å². The van der Waals surface area contributed by atoms with Crippen LogP contribution in [0.4, 0.5) is 0 Å². The third kappa shape index (κ3) is 2.90. The van der Waals surface area contributed by atoms with Gasteiger partial charge in [-0.3, -0.25) is 4.90 Å². The largest absolute Gasteiger partial charge is 0.329 e. The van der Waals surface area contributed by atoms with E-state index in [0.717, 1.165) is 18.5 Å². The second-order valence-corrected chi connectivity index (χ2v) is 7.59. The van der Waals surface area contributed by atoms with E-state index in [1.807, 2.05) is 0 Å². The zero-order valence-electron chi connectivity index (χ0n) is 13.3. The van der Waals surface area contributed by atoms with Crippen LogP contribution in [0.3, 0.4) is 0 Å². The summed E-state index contributed by atoms with van der Waals surface area (Å²) < 4.78 is 0. The molecule has 2 heterocycles. The van der Waals surface area contributed by atoms with Crippen LogP contribution in [0.5, 0.6) is 0 Å². The molecule has 2 N–H and O–H groups in total. The summed E-state index contributed by atoms with van der Waals surface area (Å²) in [7, 11) is 0. The molecule has 0 aromatic heterocycles. The van der Waals surface area contributed by atoms with Crippen molar-refractivity contribution in [3.05, 3.63) is 0 Å². The Hall–Kier alpha value is -0.120. The molecular weight excluding hydrogens is 246 g/mol. The second-order valence-electron chi connectivity index (χ2n) is 7.59. The van der Waals surface area contributed by atoms with Crippen LogP contribution in [0.1, 0.15) is 58.3 Å². The van der Waals surface area contributed by atoms with Crippen LogP contribution in [0, 0.1) is 5.92 Å². The molecule has 3 fully saturated rings. The van der Waals surface area contributed by atoms with Crippen molar-refractivity contribution in [1.29, 1.82) is 0 Å². The highest BCUT2D eigenvalue weighted by Gasteiger charge is 2.42. The van der Waals surface area contributed by atoms with Gasteiger partial charge in [0, 0.05) is 31.2 Å². The topological polar surface area (TPSA) is 32.5 Å². The SMILES string of the molecule is CC1CCC(CN)(N2CCC(N3CCCCC3)CC2)C1. The molecule has 0 amide bonds. The van der Waals surface area contributed by atoms with Crippen molar-refractivity contribution < 1.29 is 0 Å². The van der Waals surface area contributed by atoms with Crippen molar-refractivity contribution in [2.45, 2.75) is 69.9 Å². The zero-order chi connectivity index (χ0) is 14.0. The van der Waals surface area contributed by atoms with Gasteiger partial charge in [0.25, 0.3) is 0 Å². The molecule has 1 aliphatic carbocycles. The maximum absolute atomic E-state index is 6.19. The Morgan fingerprint density at radius 1 is 1.00 bits per heavy atom. The third-order valence-corrected chi connectivity index (χ3v) is 6.25. The molecule has 3 aliphatic rings. The first-order valence-corrected chi connectivity index (χ1v) is 8.93. The van der Waals surface area contributed by atoms with Crippen molar-refractivity contribution in [2.75, 3.05) is 32.7 Å². The number of rotatable bonds is 3. The van der Waals surface area contributed by atoms with Crippen molar-refractivity contribution in [2.24, 2.45) is 11.7 Å². The number of piperidine rings is 2. The molecule has 20 heavy (non-hydrogen) atoms. The van der Waals surface area contributed by atoms with Crippen molar-refractivity contribution in [3.8, 4) is 0 Å². The van der Waals surface area contributed by atoms with E-state index in [9.17, 15) is 0 Å². The molecule has 0 aromatic rings. The van der Waals surface area contributed by atoms with E-state index >= 15 is 0 Å². The maximum Gasteiger partial charge on any atom is 0.0334 e. The van der Waals surface area contributed by atoms with Crippen molar-refractivity contribution in [1.82, 2.24) is 9.80 Å². The lowest BCUT2D eigenvalue weighted by molar-refractivity contribution is 0.0297. The standard InChI is InChI=1S/C17H33N3/c1-15-5-8-17(13-15,14-18)20-11-6-16(7-12-20)19-9-3-2-4-10-19/h15-16H,2-14,18H2,1H3. The predicted molar refractivity (Wildman–Crippen MR) is 84.8 cm³/mol. The van der Waals surface area contributed by atoms with Gasteiger partial charge in [0.15, 0.2) is 0 Å². The summed E-state index contributed by atoms with van der Waals surface area (Å²) in [6.07, 6.45) is 11.1. The van der Waals surface area contributed by atoms with Crippen LogP contribution in [0.25, 0.3) is 0 Å². The van der Waals surface area contributed by atoms with E-state index < -0.39 is 0 Å². The first-order valence-electron chi connectivity index (χ1n) is 8.93. The zero-order valence-corrected chi connectivity index (χ0v) is 13.3. The quantitative estimate of drug-likeness (QED) is 0.861. The van der Waals surface area contributed by atoms with Gasteiger partial charge < -0.3 is 10.6 Å². The average Bonchev–Trinajstić information content (AvgIpc) is 2.91. The van der Waals surface area contributed by atoms with Crippen molar-refractivity contribution >= 4 is 0 Å². The van der Waals surface area contributed by atoms with E-state index in [4.69, 9.17) is 5.73 Å². The summed E-state index contributed by atoms with van der Waals surface area (Å²) >= 11 is 0. The molecule has 116 valence electrons. The molecule has 2 unspecified atom stereocenters. The summed E-state index contributed by atoms with van der Waals surface area (Å²) in [5.41, 5.74) is 6.54. The molecule has 3 nitrogen and oxygen atoms in total. The highest BCUT2D eigenvalue weighted by Crippen LogP contribution is 2.39. The normalized spacial score (nSPS) is 38.4. The van der Waals surface area contributed by atoms with Crippen LogP contribution >= 0.6 is 0 Å². The fraction of sp³-hybridized carbons (Fsp3) is 1.00. The predicted octanol–water partition coefficient (Wildman–Crippen LogP) is 2.45. The Labute approximate surface area is 124 Å². The summed E-state index contributed by atoms with van der Waals surface area (Å²) in [4.78, 5) is 5.53. The minimum absolute atomic E-state index is 0.353. The van der Waals surface area contributed by atoms with Gasteiger partial charge in [-0.2, -0.15) is 0 Å². The Morgan fingerprint density at radius 2 is 1.70 bits per heavy atom. The third-order valence-electron chi connectivity index (χ3n) is 6.25. The summed E-state index contributed by atoms with van der Waals surface area (Å²) in [6.45, 7) is 8.53. The Balaban J connectivity index is 1.55. The first kappa shape index (κ1) is 14.8. The molecule has 0 bridgehead atoms. The summed E-state index contributed by atoms with van der Waals surface area (Å²) in [6, 6.07) is 0.861. The van der Waals surface area contributed by atoms with Gasteiger partial charge in [0.05, 0.1) is 0 Å². The van der Waals surface area contributed by atoms with Crippen LogP contribution < -0.4 is 5.73 Å². The van der Waals surface area contributed by atoms with Gasteiger partial charge in [-0.1, -0.05) is 13.3 Å². The van der Waals surface area contributed by atoms with Gasteiger partial charge in [0.1, 0.15) is 0 Å². The van der Waals surface area contributed by atoms with Crippen LogP contribution in [-0.2, 0) is 0 Å². The molecule has 0 spiro atoms. The second kappa shape index (κ2) is 6.33. The fourth-order valence-corrected chi connectivity index (χ4v) is 4.96. The average molecular weight is 279 g/mol. The van der Waals surface area contributed by atoms with E-state index in [2.05, 4.69) is 16.7 Å². The first-order chi connectivity index (χ1) is 9.73. The van der Waals surface area contributed by atoms with Gasteiger partial charge >= 0.3 is 0 Å². The number of hydrogen-bond donors (Lipinski definition) is 1. The monoisotopic (exact) mass is 279 g/mol. The molecule has 2 atom stereocenters. The lowest BCUT2D eigenvalue weighted by Crippen LogP contribution is -2.57. The Kier molecular flexibility index (Phi) is 4.68. The molecular formula is C17H33N3. The highest BCUT2D eigenvalue weighted by atomic mass is 15.2. The van der Waals surface area contributed by atoms with Crippen LogP contribution in [0.2, 0.25) is 0 Å². The lowest BCUT2D eigenvalue weighted by Gasteiger charge is -2.47. The highest BCUT2D eigenvalue weighted by molar-refractivity contribution is 5.00. The fourth-order valence-electron chi connectivity index (χ4n) is 4.96. The van der Waals surface area contributed by atoms with Crippen LogP contribution in [0.15, 0.2) is 0 Å². The molecule has 3 rings (SSSR count). The molecule has 2 saturated heterocycles. The molecule has 2 aliphatic heterocycles. The number of hydrogen-bond acceptors (Lipinski definition) is 3. The minimum Gasteiger partial charge on any atom is -0.329 e. The van der Waals surface area contributed by atoms with Crippen LogP contribution in [-0.4, -0.2) is 54.1 Å². The molecule has 0 radical (unpaired) electrons. The van der Waals surface area contributed by atoms with Gasteiger partial charge in [-0.15, -0.1) is 0 Å². The molecule has 3 heteroatoms. The number of likely N-dealkylation sites (tertiary alicyclic amines) is 2.